The molecule has 0 fully saturated rings. The molecular formula is C25H26BrN3O4S. The van der Waals surface area contributed by atoms with Crippen LogP contribution in [0.15, 0.2) is 69.8 Å². The average molecular weight is 544 g/mol. The molecule has 1 heterocycles. The van der Waals surface area contributed by atoms with Crippen molar-refractivity contribution in [1.82, 2.24) is 10.6 Å². The van der Waals surface area contributed by atoms with Crippen LogP contribution in [0.3, 0.4) is 0 Å². The van der Waals surface area contributed by atoms with E-state index in [4.69, 9.17) is 21.4 Å². The summed E-state index contributed by atoms with van der Waals surface area (Å²) in [6, 6.07) is 15.6. The van der Waals surface area contributed by atoms with Crippen molar-refractivity contribution in [2.45, 2.75) is 26.8 Å². The molecule has 3 aromatic rings. The van der Waals surface area contributed by atoms with E-state index in [1.54, 1.807) is 54.8 Å². The molecule has 0 unspecified atom stereocenters. The Morgan fingerprint density at radius 3 is 2.53 bits per heavy atom. The number of nitrogens with one attached hydrogen (secondary N) is 3. The number of ether oxygens (including phenoxy) is 1. The minimum Gasteiger partial charge on any atom is -0.493 e. The molecule has 0 bridgehead atoms. The molecule has 7 nitrogen and oxygen atoms in total. The van der Waals surface area contributed by atoms with Crippen molar-refractivity contribution < 1.29 is 18.7 Å². The Kier molecular flexibility index (Phi) is 9.24. The maximum Gasteiger partial charge on any atom is 0.261 e. The fraction of sp³-hybridized carbons (Fsp3) is 0.240. The van der Waals surface area contributed by atoms with E-state index < -0.39 is 0 Å². The molecule has 34 heavy (non-hydrogen) atoms. The van der Waals surface area contributed by atoms with E-state index in [0.717, 1.165) is 10.9 Å². The third-order valence-corrected chi connectivity index (χ3v) is 5.47. The van der Waals surface area contributed by atoms with E-state index in [1.807, 2.05) is 6.07 Å². The normalized spacial score (nSPS) is 10.6. The first-order valence-electron chi connectivity index (χ1n) is 10.8. The maximum absolute atomic E-state index is 12.8. The van der Waals surface area contributed by atoms with Gasteiger partial charge in [0.15, 0.2) is 5.11 Å². The molecule has 0 radical (unpaired) electrons. The minimum atomic E-state index is -0.382. The molecule has 3 rings (SSSR count). The zero-order valence-electron chi connectivity index (χ0n) is 18.9. The molecule has 3 N–H and O–H groups in total. The van der Waals surface area contributed by atoms with Crippen LogP contribution in [0.5, 0.6) is 5.75 Å². The Hall–Kier alpha value is -3.17. The van der Waals surface area contributed by atoms with Crippen LogP contribution in [0.25, 0.3) is 0 Å². The number of anilines is 1. The van der Waals surface area contributed by atoms with Crippen molar-refractivity contribution in [2.75, 3.05) is 11.9 Å². The summed E-state index contributed by atoms with van der Waals surface area (Å²) in [6.07, 6.45) is 2.44. The smallest absolute Gasteiger partial charge is 0.261 e. The number of thiocarbonyl (C=S) groups is 1. The van der Waals surface area contributed by atoms with Crippen LogP contribution in [0.2, 0.25) is 0 Å². The number of hydrogen-bond donors (Lipinski definition) is 3. The highest BCUT2D eigenvalue weighted by Gasteiger charge is 2.15. The van der Waals surface area contributed by atoms with E-state index in [1.165, 1.54) is 0 Å². The van der Waals surface area contributed by atoms with Gasteiger partial charge in [0.2, 0.25) is 0 Å². The second-order valence-corrected chi connectivity index (χ2v) is 9.24. The Balaban J connectivity index is 1.55. The van der Waals surface area contributed by atoms with E-state index >= 15 is 0 Å². The molecule has 0 aliphatic carbocycles. The van der Waals surface area contributed by atoms with E-state index in [2.05, 4.69) is 45.7 Å². The largest absolute Gasteiger partial charge is 0.493 e. The summed E-state index contributed by atoms with van der Waals surface area (Å²) < 4.78 is 11.8. The first kappa shape index (κ1) is 25.5. The number of furan rings is 1. The number of carbonyl (C=O) groups is 2. The van der Waals surface area contributed by atoms with Gasteiger partial charge in [-0.1, -0.05) is 29.8 Å². The van der Waals surface area contributed by atoms with Gasteiger partial charge in [0.05, 0.1) is 25.0 Å². The van der Waals surface area contributed by atoms with Crippen LogP contribution in [0.1, 0.15) is 46.7 Å². The van der Waals surface area contributed by atoms with Crippen LogP contribution < -0.4 is 20.7 Å². The van der Waals surface area contributed by atoms with E-state index in [-0.39, 0.29) is 16.9 Å². The molecule has 0 saturated heterocycles. The van der Waals surface area contributed by atoms with Gasteiger partial charge in [0.1, 0.15) is 11.5 Å². The van der Waals surface area contributed by atoms with Gasteiger partial charge in [-0.05, 0) is 79.2 Å². The SMILES string of the molecule is CC(C)CCOc1ccc(Br)cc1C(=O)NC(=S)Nc1ccc(C(=O)NCc2ccco2)cc1. The second-order valence-electron chi connectivity index (χ2n) is 7.92. The fourth-order valence-corrected chi connectivity index (χ4v) is 3.50. The van der Waals surface area contributed by atoms with E-state index in [0.29, 0.717) is 47.4 Å². The molecule has 2 aromatic carbocycles. The van der Waals surface area contributed by atoms with Crippen molar-refractivity contribution in [1.29, 1.82) is 0 Å². The van der Waals surface area contributed by atoms with Crippen LogP contribution in [0, 0.1) is 5.92 Å². The molecule has 0 spiro atoms. The van der Waals surface area contributed by atoms with Gasteiger partial charge in [0.25, 0.3) is 11.8 Å². The second kappa shape index (κ2) is 12.3. The van der Waals surface area contributed by atoms with Gasteiger partial charge in [-0.15, -0.1) is 0 Å². The molecule has 178 valence electrons. The number of carbonyl (C=O) groups excluding carboxylic acids is 2. The Labute approximate surface area is 212 Å². The van der Waals surface area contributed by atoms with E-state index in [9.17, 15) is 9.59 Å². The zero-order chi connectivity index (χ0) is 24.5. The summed E-state index contributed by atoms with van der Waals surface area (Å²) in [7, 11) is 0. The fourth-order valence-electron chi connectivity index (χ4n) is 2.93. The van der Waals surface area contributed by atoms with Crippen molar-refractivity contribution in [3.63, 3.8) is 0 Å². The Morgan fingerprint density at radius 1 is 1.09 bits per heavy atom. The lowest BCUT2D eigenvalue weighted by molar-refractivity contribution is 0.0945. The summed E-state index contributed by atoms with van der Waals surface area (Å²) in [5.41, 5.74) is 1.51. The maximum atomic E-state index is 12.8. The van der Waals surface area contributed by atoms with Gasteiger partial charge in [-0.25, -0.2) is 0 Å². The molecule has 9 heteroatoms. The standard InChI is InChI=1S/C25H26BrN3O4S/c1-16(2)11-13-33-22-10-7-18(26)14-21(22)24(31)29-25(34)28-19-8-5-17(6-9-19)23(30)27-15-20-4-3-12-32-20/h3-10,12,14,16H,11,13,15H2,1-2H3,(H,27,30)(H2,28,29,31,34). The predicted octanol–water partition coefficient (Wildman–Crippen LogP) is 5.52. The monoisotopic (exact) mass is 543 g/mol. The van der Waals surface area contributed by atoms with Crippen molar-refractivity contribution in [2.24, 2.45) is 5.92 Å². The average Bonchev–Trinajstić information content (AvgIpc) is 3.32. The summed E-state index contributed by atoms with van der Waals surface area (Å²) in [5, 5.41) is 8.55. The third-order valence-electron chi connectivity index (χ3n) is 4.77. The number of benzene rings is 2. The molecule has 2 amide bonds. The number of amides is 2. The Morgan fingerprint density at radius 2 is 1.85 bits per heavy atom. The van der Waals surface area contributed by atoms with Gasteiger partial charge < -0.3 is 19.8 Å². The lowest BCUT2D eigenvalue weighted by atomic mass is 10.1. The third kappa shape index (κ3) is 7.71. The van der Waals surface area contributed by atoms with Crippen LogP contribution in [-0.2, 0) is 6.54 Å². The quantitative estimate of drug-likeness (QED) is 0.307. The van der Waals surface area contributed by atoms with Gasteiger partial charge in [-0.3, -0.25) is 14.9 Å². The highest BCUT2D eigenvalue weighted by molar-refractivity contribution is 9.10. The van der Waals surface area contributed by atoms with Crippen LogP contribution in [-0.4, -0.2) is 23.5 Å². The number of halogens is 1. The molecule has 0 atom stereocenters. The summed E-state index contributed by atoms with van der Waals surface area (Å²) in [4.78, 5) is 25.1. The molecular weight excluding hydrogens is 518 g/mol. The molecule has 1 aromatic heterocycles. The molecule has 0 aliphatic rings. The minimum absolute atomic E-state index is 0.133. The van der Waals surface area contributed by atoms with Gasteiger partial charge in [-0.2, -0.15) is 0 Å². The van der Waals surface area contributed by atoms with Gasteiger partial charge >= 0.3 is 0 Å². The zero-order valence-corrected chi connectivity index (χ0v) is 21.3. The summed E-state index contributed by atoms with van der Waals surface area (Å²) >= 11 is 8.69. The topological polar surface area (TPSA) is 92.6 Å². The first-order valence-corrected chi connectivity index (χ1v) is 12.0. The van der Waals surface area contributed by atoms with Crippen molar-refractivity contribution in [3.8, 4) is 5.75 Å². The van der Waals surface area contributed by atoms with Crippen LogP contribution >= 0.6 is 28.1 Å². The lowest BCUT2D eigenvalue weighted by Crippen LogP contribution is -2.34. The van der Waals surface area contributed by atoms with Crippen molar-refractivity contribution >= 4 is 50.8 Å². The van der Waals surface area contributed by atoms with Gasteiger partial charge in [0, 0.05) is 15.7 Å². The number of hydrogen-bond acceptors (Lipinski definition) is 5. The molecule has 0 aliphatic heterocycles. The lowest BCUT2D eigenvalue weighted by Gasteiger charge is -2.14. The van der Waals surface area contributed by atoms with Crippen LogP contribution in [0.4, 0.5) is 5.69 Å². The molecule has 0 saturated carbocycles. The number of rotatable bonds is 9. The summed E-state index contributed by atoms with van der Waals surface area (Å²) in [6.45, 7) is 5.05. The highest BCUT2D eigenvalue weighted by atomic mass is 79.9. The summed E-state index contributed by atoms with van der Waals surface area (Å²) in [5.74, 6) is 1.06. The van der Waals surface area contributed by atoms with Crippen molar-refractivity contribution in [3.05, 3.63) is 82.2 Å². The first-order chi connectivity index (χ1) is 16.3. The highest BCUT2D eigenvalue weighted by Crippen LogP contribution is 2.24. The predicted molar refractivity (Wildman–Crippen MR) is 139 cm³/mol. The Bertz CT molecular complexity index is 1130.